The minimum absolute atomic E-state index is 0.0185. The van der Waals surface area contributed by atoms with Crippen molar-refractivity contribution in [1.29, 1.82) is 0 Å². The molecule has 0 spiro atoms. The number of carbonyl (C=O) groups excluding carboxylic acids is 1. The molecule has 26 heavy (non-hydrogen) atoms. The van der Waals surface area contributed by atoms with E-state index in [2.05, 4.69) is 21.2 Å². The molecule has 1 N–H and O–H groups in total. The van der Waals surface area contributed by atoms with Crippen molar-refractivity contribution in [3.8, 4) is 11.5 Å². The van der Waals surface area contributed by atoms with Gasteiger partial charge in [0.15, 0.2) is 6.61 Å². The number of nitrogens with one attached hydrogen (secondary N) is 1. The maximum atomic E-state index is 11.9. The van der Waals surface area contributed by atoms with E-state index in [-0.39, 0.29) is 12.5 Å². The van der Waals surface area contributed by atoms with Gasteiger partial charge in [-0.3, -0.25) is 4.79 Å². The maximum absolute atomic E-state index is 11.9. The third kappa shape index (κ3) is 4.76. The topological polar surface area (TPSA) is 47.6 Å². The van der Waals surface area contributed by atoms with Gasteiger partial charge in [0.05, 0.1) is 6.54 Å². The van der Waals surface area contributed by atoms with Crippen LogP contribution in [0.5, 0.6) is 11.5 Å². The number of amides is 1. The number of carbonyl (C=O) groups is 1. The number of hydrogen-bond acceptors (Lipinski definition) is 3. The van der Waals surface area contributed by atoms with Crippen molar-refractivity contribution in [2.45, 2.75) is 6.92 Å². The van der Waals surface area contributed by atoms with Gasteiger partial charge in [-0.15, -0.1) is 0 Å². The van der Waals surface area contributed by atoms with Crippen LogP contribution in [0.2, 0.25) is 0 Å². The lowest BCUT2D eigenvalue weighted by Gasteiger charge is -2.11. The lowest BCUT2D eigenvalue weighted by Crippen LogP contribution is -2.32. The molecule has 134 valence electrons. The Kier molecular flexibility index (Phi) is 6.12. The molecule has 0 aliphatic heterocycles. The van der Waals surface area contributed by atoms with Gasteiger partial charge in [-0.1, -0.05) is 52.3 Å². The van der Waals surface area contributed by atoms with Gasteiger partial charge in [0.25, 0.3) is 5.91 Å². The van der Waals surface area contributed by atoms with Gasteiger partial charge in [-0.25, -0.2) is 0 Å². The van der Waals surface area contributed by atoms with Crippen LogP contribution in [-0.2, 0) is 4.79 Å². The summed E-state index contributed by atoms with van der Waals surface area (Å²) < 4.78 is 12.3. The zero-order valence-corrected chi connectivity index (χ0v) is 16.1. The van der Waals surface area contributed by atoms with E-state index in [0.717, 1.165) is 26.6 Å². The second kappa shape index (κ2) is 8.72. The molecule has 0 unspecified atom stereocenters. The van der Waals surface area contributed by atoms with Crippen LogP contribution in [0.15, 0.2) is 65.1 Å². The molecule has 4 nitrogen and oxygen atoms in total. The molecular weight excluding hydrogens is 394 g/mol. The lowest BCUT2D eigenvalue weighted by atomic mass is 10.1. The van der Waals surface area contributed by atoms with Gasteiger partial charge in [0, 0.05) is 9.86 Å². The Hall–Kier alpha value is -2.53. The number of benzene rings is 3. The van der Waals surface area contributed by atoms with Gasteiger partial charge < -0.3 is 14.8 Å². The molecule has 0 saturated carbocycles. The fourth-order valence-corrected chi connectivity index (χ4v) is 2.83. The van der Waals surface area contributed by atoms with E-state index >= 15 is 0 Å². The third-order valence-corrected chi connectivity index (χ3v) is 4.82. The Balaban J connectivity index is 1.43. The van der Waals surface area contributed by atoms with Crippen LogP contribution < -0.4 is 14.8 Å². The monoisotopic (exact) mass is 413 g/mol. The van der Waals surface area contributed by atoms with Gasteiger partial charge in [-0.05, 0) is 42.1 Å². The van der Waals surface area contributed by atoms with Gasteiger partial charge in [0.1, 0.15) is 18.1 Å². The standard InChI is InChI=1S/C21H20BrNO3/c1-15-13-17(9-10-19(15)22)26-14-21(24)23-11-12-25-20-8-4-6-16-5-2-3-7-18(16)20/h2-10,13H,11-12,14H2,1H3,(H,23,24). The predicted octanol–water partition coefficient (Wildman–Crippen LogP) is 4.48. The maximum Gasteiger partial charge on any atom is 0.258 e. The molecule has 0 saturated heterocycles. The normalized spacial score (nSPS) is 10.5. The van der Waals surface area contributed by atoms with Crippen molar-refractivity contribution in [3.05, 3.63) is 70.7 Å². The molecule has 3 rings (SSSR count). The number of fused-ring (bicyclic) bond motifs is 1. The molecule has 0 fully saturated rings. The summed E-state index contributed by atoms with van der Waals surface area (Å²) in [7, 11) is 0. The van der Waals surface area contributed by atoms with Crippen LogP contribution >= 0.6 is 15.9 Å². The first-order chi connectivity index (χ1) is 12.6. The van der Waals surface area contributed by atoms with Crippen LogP contribution in [-0.4, -0.2) is 25.7 Å². The van der Waals surface area contributed by atoms with Crippen molar-refractivity contribution in [2.24, 2.45) is 0 Å². The summed E-state index contributed by atoms with van der Waals surface area (Å²) in [6.07, 6.45) is 0. The highest BCUT2D eigenvalue weighted by Crippen LogP contribution is 2.25. The predicted molar refractivity (Wildman–Crippen MR) is 107 cm³/mol. The zero-order valence-electron chi connectivity index (χ0n) is 14.5. The molecule has 5 heteroatoms. The average Bonchev–Trinajstić information content (AvgIpc) is 2.66. The molecule has 0 aliphatic rings. The molecule has 0 bridgehead atoms. The molecule has 0 radical (unpaired) electrons. The smallest absolute Gasteiger partial charge is 0.258 e. The van der Waals surface area contributed by atoms with E-state index in [9.17, 15) is 4.79 Å². The summed E-state index contributed by atoms with van der Waals surface area (Å²) in [5, 5.41) is 5.00. The first-order valence-corrected chi connectivity index (χ1v) is 9.19. The molecule has 0 heterocycles. The first kappa shape index (κ1) is 18.3. The molecule has 3 aromatic carbocycles. The highest BCUT2D eigenvalue weighted by Gasteiger charge is 2.05. The van der Waals surface area contributed by atoms with Crippen LogP contribution in [0.3, 0.4) is 0 Å². The molecule has 1 amide bonds. The Morgan fingerprint density at radius 1 is 1.04 bits per heavy atom. The van der Waals surface area contributed by atoms with Crippen molar-refractivity contribution in [3.63, 3.8) is 0 Å². The van der Waals surface area contributed by atoms with E-state index < -0.39 is 0 Å². The lowest BCUT2D eigenvalue weighted by molar-refractivity contribution is -0.123. The summed E-state index contributed by atoms with van der Waals surface area (Å²) in [5.74, 6) is 1.32. The summed E-state index contributed by atoms with van der Waals surface area (Å²) in [6, 6.07) is 19.6. The number of ether oxygens (including phenoxy) is 2. The number of hydrogen-bond donors (Lipinski definition) is 1. The quantitative estimate of drug-likeness (QED) is 0.580. The van der Waals surface area contributed by atoms with Gasteiger partial charge in [0.2, 0.25) is 0 Å². The molecule has 0 atom stereocenters. The van der Waals surface area contributed by atoms with E-state index in [0.29, 0.717) is 18.9 Å². The van der Waals surface area contributed by atoms with Crippen LogP contribution in [0.25, 0.3) is 10.8 Å². The Labute approximate surface area is 161 Å². The van der Waals surface area contributed by atoms with Gasteiger partial charge in [-0.2, -0.15) is 0 Å². The summed E-state index contributed by atoms with van der Waals surface area (Å²) in [4.78, 5) is 11.9. The second-order valence-electron chi connectivity index (χ2n) is 5.88. The summed E-state index contributed by atoms with van der Waals surface area (Å²) >= 11 is 3.44. The number of aryl methyl sites for hydroxylation is 1. The Morgan fingerprint density at radius 2 is 1.85 bits per heavy atom. The summed E-state index contributed by atoms with van der Waals surface area (Å²) in [5.41, 5.74) is 1.06. The van der Waals surface area contributed by atoms with Crippen molar-refractivity contribution in [2.75, 3.05) is 19.8 Å². The van der Waals surface area contributed by atoms with Gasteiger partial charge >= 0.3 is 0 Å². The van der Waals surface area contributed by atoms with Crippen molar-refractivity contribution >= 4 is 32.6 Å². The molecular formula is C21H20BrNO3. The molecule has 3 aromatic rings. The van der Waals surface area contributed by atoms with Crippen LogP contribution in [0, 0.1) is 6.92 Å². The fourth-order valence-electron chi connectivity index (χ4n) is 2.58. The second-order valence-corrected chi connectivity index (χ2v) is 6.73. The minimum Gasteiger partial charge on any atom is -0.491 e. The zero-order chi connectivity index (χ0) is 18.4. The summed E-state index contributed by atoms with van der Waals surface area (Å²) in [6.45, 7) is 2.78. The third-order valence-electron chi connectivity index (χ3n) is 3.93. The van der Waals surface area contributed by atoms with Crippen molar-refractivity contribution < 1.29 is 14.3 Å². The minimum atomic E-state index is -0.174. The Bertz CT molecular complexity index is 905. The van der Waals surface area contributed by atoms with Crippen molar-refractivity contribution in [1.82, 2.24) is 5.32 Å². The van der Waals surface area contributed by atoms with E-state index in [1.54, 1.807) is 0 Å². The largest absolute Gasteiger partial charge is 0.491 e. The average molecular weight is 414 g/mol. The van der Waals surface area contributed by atoms with E-state index in [1.807, 2.05) is 67.6 Å². The van der Waals surface area contributed by atoms with Crippen LogP contribution in [0.1, 0.15) is 5.56 Å². The van der Waals surface area contributed by atoms with E-state index in [1.165, 1.54) is 0 Å². The molecule has 0 aromatic heterocycles. The highest BCUT2D eigenvalue weighted by atomic mass is 79.9. The fraction of sp³-hybridized carbons (Fsp3) is 0.190. The number of halogens is 1. The Morgan fingerprint density at radius 3 is 2.69 bits per heavy atom. The SMILES string of the molecule is Cc1cc(OCC(=O)NCCOc2cccc3ccccc23)ccc1Br. The highest BCUT2D eigenvalue weighted by molar-refractivity contribution is 9.10. The van der Waals surface area contributed by atoms with Crippen LogP contribution in [0.4, 0.5) is 0 Å². The molecule has 0 aliphatic carbocycles. The number of rotatable bonds is 7. The first-order valence-electron chi connectivity index (χ1n) is 8.40. The van der Waals surface area contributed by atoms with E-state index in [4.69, 9.17) is 9.47 Å².